The molecule has 0 aliphatic rings. The van der Waals surface area contributed by atoms with Crippen LogP contribution in [0.3, 0.4) is 0 Å². The summed E-state index contributed by atoms with van der Waals surface area (Å²) in [5.74, 6) is -0.0733. The summed E-state index contributed by atoms with van der Waals surface area (Å²) < 4.78 is 1.52. The summed E-state index contributed by atoms with van der Waals surface area (Å²) in [6.45, 7) is 4.10. The van der Waals surface area contributed by atoms with Gasteiger partial charge in [0.25, 0.3) is 5.91 Å². The van der Waals surface area contributed by atoms with E-state index in [1.165, 1.54) is 11.0 Å². The maximum absolute atomic E-state index is 12.1. The van der Waals surface area contributed by atoms with Crippen LogP contribution in [0.25, 0.3) is 5.69 Å². The van der Waals surface area contributed by atoms with Crippen LogP contribution in [0.15, 0.2) is 30.6 Å². The number of nitrogens with one attached hydrogen (secondary N) is 1. The van der Waals surface area contributed by atoms with E-state index in [2.05, 4.69) is 27.8 Å². The molecule has 0 aliphatic carbocycles. The molecule has 19 heavy (non-hydrogen) atoms. The van der Waals surface area contributed by atoms with E-state index >= 15 is 0 Å². The molecule has 2 aromatic rings. The fourth-order valence-corrected chi connectivity index (χ4v) is 1.88. The second-order valence-corrected chi connectivity index (χ2v) is 4.47. The lowest BCUT2D eigenvalue weighted by molar-refractivity contribution is 0.0938. The zero-order valence-corrected chi connectivity index (χ0v) is 11.1. The number of tetrazole rings is 1. The summed E-state index contributed by atoms with van der Waals surface area (Å²) in [7, 11) is 0. The predicted octanol–water partition coefficient (Wildman–Crippen LogP) is 1.58. The van der Waals surface area contributed by atoms with Gasteiger partial charge >= 0.3 is 0 Å². The number of carbonyl (C=O) groups is 1. The van der Waals surface area contributed by atoms with Gasteiger partial charge in [0.1, 0.15) is 6.33 Å². The van der Waals surface area contributed by atoms with Gasteiger partial charge in [-0.25, -0.2) is 4.68 Å². The Kier molecular flexibility index (Phi) is 4.22. The van der Waals surface area contributed by atoms with Crippen LogP contribution >= 0.6 is 0 Å². The Morgan fingerprint density at radius 2 is 2.32 bits per heavy atom. The molecule has 0 unspecified atom stereocenters. The van der Waals surface area contributed by atoms with Crippen molar-refractivity contribution in [1.29, 1.82) is 0 Å². The molecule has 2 rings (SSSR count). The van der Waals surface area contributed by atoms with Crippen molar-refractivity contribution < 1.29 is 4.79 Å². The van der Waals surface area contributed by atoms with Crippen molar-refractivity contribution in [2.24, 2.45) is 0 Å². The first kappa shape index (κ1) is 13.2. The quantitative estimate of drug-likeness (QED) is 0.884. The average Bonchev–Trinajstić information content (AvgIpc) is 2.93. The maximum Gasteiger partial charge on any atom is 0.251 e. The lowest BCUT2D eigenvalue weighted by Gasteiger charge is -2.13. The first-order valence-corrected chi connectivity index (χ1v) is 6.35. The van der Waals surface area contributed by atoms with Crippen molar-refractivity contribution in [3.8, 4) is 5.69 Å². The largest absolute Gasteiger partial charge is 0.350 e. The highest BCUT2D eigenvalue weighted by molar-refractivity contribution is 5.94. The fraction of sp³-hybridized carbons (Fsp3) is 0.385. The minimum atomic E-state index is -0.0733. The number of carbonyl (C=O) groups excluding carboxylic acids is 1. The van der Waals surface area contributed by atoms with Crippen LogP contribution in [-0.4, -0.2) is 32.2 Å². The summed E-state index contributed by atoms with van der Waals surface area (Å²) in [6.07, 6.45) is 3.52. The molecular weight excluding hydrogens is 242 g/mol. The first-order chi connectivity index (χ1) is 9.20. The van der Waals surface area contributed by atoms with Crippen molar-refractivity contribution >= 4 is 5.91 Å². The summed E-state index contributed by atoms with van der Waals surface area (Å²) in [4.78, 5) is 12.1. The van der Waals surface area contributed by atoms with Crippen LogP contribution in [0.2, 0.25) is 0 Å². The van der Waals surface area contributed by atoms with Gasteiger partial charge in [-0.3, -0.25) is 4.79 Å². The topological polar surface area (TPSA) is 72.7 Å². The third kappa shape index (κ3) is 3.37. The van der Waals surface area contributed by atoms with E-state index in [0.717, 1.165) is 18.5 Å². The monoisotopic (exact) mass is 259 g/mol. The SMILES string of the molecule is CCC[C@H](C)NC(=O)c1cccc(-n2cnnn2)c1. The molecule has 1 heterocycles. The van der Waals surface area contributed by atoms with Gasteiger partial charge in [-0.15, -0.1) is 5.10 Å². The van der Waals surface area contributed by atoms with Gasteiger partial charge in [0.2, 0.25) is 0 Å². The molecule has 100 valence electrons. The van der Waals surface area contributed by atoms with E-state index in [4.69, 9.17) is 0 Å². The molecule has 0 spiro atoms. The van der Waals surface area contributed by atoms with Crippen LogP contribution in [0.5, 0.6) is 0 Å². The van der Waals surface area contributed by atoms with Crippen molar-refractivity contribution in [1.82, 2.24) is 25.5 Å². The van der Waals surface area contributed by atoms with E-state index < -0.39 is 0 Å². The van der Waals surface area contributed by atoms with E-state index in [0.29, 0.717) is 5.56 Å². The lowest BCUT2D eigenvalue weighted by Crippen LogP contribution is -2.32. The molecular formula is C13H17N5O. The van der Waals surface area contributed by atoms with Gasteiger partial charge < -0.3 is 5.32 Å². The highest BCUT2D eigenvalue weighted by atomic mass is 16.1. The van der Waals surface area contributed by atoms with E-state index in [-0.39, 0.29) is 11.9 Å². The van der Waals surface area contributed by atoms with Gasteiger partial charge in [-0.2, -0.15) is 0 Å². The van der Waals surface area contributed by atoms with Crippen LogP contribution in [0.4, 0.5) is 0 Å². The van der Waals surface area contributed by atoms with E-state index in [1.54, 1.807) is 12.1 Å². The summed E-state index contributed by atoms with van der Waals surface area (Å²) >= 11 is 0. The predicted molar refractivity (Wildman–Crippen MR) is 71.0 cm³/mol. The third-order valence-corrected chi connectivity index (χ3v) is 2.82. The molecule has 0 radical (unpaired) electrons. The Morgan fingerprint density at radius 1 is 1.47 bits per heavy atom. The van der Waals surface area contributed by atoms with Crippen molar-refractivity contribution in [2.45, 2.75) is 32.7 Å². The number of rotatable bonds is 5. The van der Waals surface area contributed by atoms with Crippen molar-refractivity contribution in [3.63, 3.8) is 0 Å². The number of hydrogen-bond acceptors (Lipinski definition) is 4. The molecule has 1 amide bonds. The van der Waals surface area contributed by atoms with E-state index in [9.17, 15) is 4.79 Å². The second-order valence-electron chi connectivity index (χ2n) is 4.47. The highest BCUT2D eigenvalue weighted by Crippen LogP contribution is 2.09. The molecule has 6 nitrogen and oxygen atoms in total. The highest BCUT2D eigenvalue weighted by Gasteiger charge is 2.10. The Bertz CT molecular complexity index is 538. The van der Waals surface area contributed by atoms with Crippen LogP contribution in [0.1, 0.15) is 37.0 Å². The normalized spacial score (nSPS) is 12.1. The van der Waals surface area contributed by atoms with Crippen molar-refractivity contribution in [3.05, 3.63) is 36.2 Å². The smallest absolute Gasteiger partial charge is 0.251 e. The second kappa shape index (κ2) is 6.08. The van der Waals surface area contributed by atoms with Gasteiger partial charge in [0.05, 0.1) is 5.69 Å². The van der Waals surface area contributed by atoms with Crippen molar-refractivity contribution in [2.75, 3.05) is 0 Å². The van der Waals surface area contributed by atoms with Gasteiger partial charge in [-0.1, -0.05) is 19.4 Å². The molecule has 1 aromatic carbocycles. The third-order valence-electron chi connectivity index (χ3n) is 2.82. The Hall–Kier alpha value is -2.24. The van der Waals surface area contributed by atoms with Gasteiger partial charge in [0, 0.05) is 11.6 Å². The molecule has 1 N–H and O–H groups in total. The standard InChI is InChI=1S/C13H17N5O/c1-3-5-10(2)15-13(19)11-6-4-7-12(8-11)18-9-14-16-17-18/h4,6-10H,3,5H2,1-2H3,(H,15,19)/t10-/m0/s1. The van der Waals surface area contributed by atoms with Crippen LogP contribution in [0, 0.1) is 0 Å². The van der Waals surface area contributed by atoms with Gasteiger partial charge in [0.15, 0.2) is 0 Å². The molecule has 0 bridgehead atoms. The molecule has 0 fully saturated rings. The summed E-state index contributed by atoms with van der Waals surface area (Å²) in [5.41, 5.74) is 1.37. The average molecular weight is 259 g/mol. The number of nitrogens with zero attached hydrogens (tertiary/aromatic N) is 4. The Balaban J connectivity index is 2.12. The molecule has 1 atom stereocenters. The molecule has 1 aromatic heterocycles. The van der Waals surface area contributed by atoms with Crippen LogP contribution in [-0.2, 0) is 0 Å². The lowest BCUT2D eigenvalue weighted by atomic mass is 10.1. The van der Waals surface area contributed by atoms with E-state index in [1.807, 2.05) is 19.1 Å². The summed E-state index contributed by atoms with van der Waals surface area (Å²) in [5, 5.41) is 13.9. The van der Waals surface area contributed by atoms with Crippen LogP contribution < -0.4 is 5.32 Å². The zero-order chi connectivity index (χ0) is 13.7. The number of hydrogen-bond donors (Lipinski definition) is 1. The molecule has 0 aliphatic heterocycles. The van der Waals surface area contributed by atoms with Gasteiger partial charge in [-0.05, 0) is 42.0 Å². The minimum absolute atomic E-state index is 0.0733. The molecule has 0 saturated heterocycles. The minimum Gasteiger partial charge on any atom is -0.350 e. The number of benzene rings is 1. The fourth-order valence-electron chi connectivity index (χ4n) is 1.88. The Labute approximate surface area is 111 Å². The number of amides is 1. The number of aromatic nitrogens is 4. The molecule has 0 saturated carbocycles. The summed E-state index contributed by atoms with van der Waals surface area (Å²) in [6, 6.07) is 7.39. The zero-order valence-electron chi connectivity index (χ0n) is 11.1. The molecule has 6 heteroatoms. The maximum atomic E-state index is 12.1. The Morgan fingerprint density at radius 3 is 3.00 bits per heavy atom. The first-order valence-electron chi connectivity index (χ1n) is 6.35.